The van der Waals surface area contributed by atoms with E-state index >= 15 is 0 Å². The average molecular weight is 449 g/mol. The van der Waals surface area contributed by atoms with Gasteiger partial charge in [-0.1, -0.05) is 45.0 Å². The number of anilines is 1. The highest BCUT2D eigenvalue weighted by Gasteiger charge is 2.30. The van der Waals surface area contributed by atoms with Crippen LogP contribution >= 0.6 is 0 Å². The van der Waals surface area contributed by atoms with Crippen molar-refractivity contribution >= 4 is 17.6 Å². The zero-order chi connectivity index (χ0) is 24.0. The van der Waals surface area contributed by atoms with Crippen LogP contribution in [0.1, 0.15) is 62.8 Å². The molecule has 0 aromatic heterocycles. The molecule has 1 aliphatic carbocycles. The van der Waals surface area contributed by atoms with Gasteiger partial charge in [0.25, 0.3) is 0 Å². The average Bonchev–Trinajstić information content (AvgIpc) is 2.76. The summed E-state index contributed by atoms with van der Waals surface area (Å²) in [6, 6.07) is 16.1. The van der Waals surface area contributed by atoms with Crippen LogP contribution in [0.2, 0.25) is 0 Å². The van der Waals surface area contributed by atoms with E-state index in [1.54, 1.807) is 29.2 Å². The largest absolute Gasteiger partial charge is 0.387 e. The maximum absolute atomic E-state index is 13.0. The molecule has 0 spiro atoms. The molecule has 0 radical (unpaired) electrons. The van der Waals surface area contributed by atoms with E-state index in [0.29, 0.717) is 23.4 Å². The Morgan fingerprint density at radius 2 is 1.76 bits per heavy atom. The highest BCUT2D eigenvalue weighted by atomic mass is 16.3. The Balaban J connectivity index is 1.60. The fourth-order valence-corrected chi connectivity index (χ4v) is 3.52. The smallest absolute Gasteiger partial charge is 0.322 e. The van der Waals surface area contributed by atoms with Crippen LogP contribution < -0.4 is 10.6 Å². The van der Waals surface area contributed by atoms with Crippen LogP contribution in [0.3, 0.4) is 0 Å². The fraction of sp³-hybridized carbons (Fsp3) is 0.423. The topological polar surface area (TPSA) is 105 Å². The molecule has 2 aromatic carbocycles. The van der Waals surface area contributed by atoms with E-state index in [2.05, 4.69) is 16.7 Å². The number of hydrogen-bond donors (Lipinski definition) is 3. The molecule has 2 aromatic rings. The molecule has 1 atom stereocenters. The first-order valence-corrected chi connectivity index (χ1v) is 11.3. The number of nitrogens with zero attached hydrogens (tertiary/aromatic N) is 2. The summed E-state index contributed by atoms with van der Waals surface area (Å²) in [5.41, 5.74) is 2.36. The maximum atomic E-state index is 13.0. The molecule has 3 amide bonds. The Bertz CT molecular complexity index is 1000. The van der Waals surface area contributed by atoms with Crippen molar-refractivity contribution in [3.63, 3.8) is 0 Å². The van der Waals surface area contributed by atoms with Gasteiger partial charge in [-0.15, -0.1) is 0 Å². The Labute approximate surface area is 195 Å². The lowest BCUT2D eigenvalue weighted by Crippen LogP contribution is -2.48. The molecule has 1 unspecified atom stereocenters. The second-order valence-electron chi connectivity index (χ2n) is 9.55. The molecule has 7 heteroatoms. The molecule has 0 saturated heterocycles. The predicted octanol–water partition coefficient (Wildman–Crippen LogP) is 4.34. The van der Waals surface area contributed by atoms with E-state index in [-0.39, 0.29) is 24.5 Å². The van der Waals surface area contributed by atoms with Gasteiger partial charge in [0.15, 0.2) is 0 Å². The second-order valence-corrected chi connectivity index (χ2v) is 9.55. The van der Waals surface area contributed by atoms with Crippen molar-refractivity contribution in [1.82, 2.24) is 10.2 Å². The van der Waals surface area contributed by atoms with Crippen LogP contribution in [0, 0.1) is 16.7 Å². The number of rotatable bonds is 7. The molecule has 0 heterocycles. The van der Waals surface area contributed by atoms with Gasteiger partial charge in [0.2, 0.25) is 5.91 Å². The van der Waals surface area contributed by atoms with Crippen molar-refractivity contribution in [1.29, 1.82) is 5.26 Å². The summed E-state index contributed by atoms with van der Waals surface area (Å²) in [5.74, 6) is -0.0168. The zero-order valence-electron chi connectivity index (χ0n) is 19.5. The summed E-state index contributed by atoms with van der Waals surface area (Å²) in [4.78, 5) is 26.8. The van der Waals surface area contributed by atoms with Crippen LogP contribution in [0.5, 0.6) is 0 Å². The van der Waals surface area contributed by atoms with Gasteiger partial charge in [-0.3, -0.25) is 4.79 Å². The third-order valence-corrected chi connectivity index (χ3v) is 5.91. The number of aliphatic hydroxyl groups excluding tert-OH is 1. The Kier molecular flexibility index (Phi) is 7.72. The third kappa shape index (κ3) is 6.56. The van der Waals surface area contributed by atoms with Gasteiger partial charge in [-0.05, 0) is 54.7 Å². The molecule has 0 aliphatic heterocycles. The molecule has 1 saturated carbocycles. The lowest BCUT2D eigenvalue weighted by atomic mass is 9.91. The van der Waals surface area contributed by atoms with Gasteiger partial charge in [-0.25, -0.2) is 4.79 Å². The van der Waals surface area contributed by atoms with Crippen molar-refractivity contribution in [3.8, 4) is 6.07 Å². The molecule has 0 bridgehead atoms. The van der Waals surface area contributed by atoms with E-state index in [1.807, 2.05) is 45.0 Å². The monoisotopic (exact) mass is 448 g/mol. The molecular weight excluding hydrogens is 416 g/mol. The number of benzene rings is 2. The summed E-state index contributed by atoms with van der Waals surface area (Å²) in [5, 5.41) is 25.5. The van der Waals surface area contributed by atoms with E-state index < -0.39 is 11.5 Å². The number of nitriles is 1. The van der Waals surface area contributed by atoms with Crippen molar-refractivity contribution in [2.24, 2.45) is 5.41 Å². The lowest BCUT2D eigenvalue weighted by Gasteiger charge is -2.38. The molecular formula is C26H32N4O3. The van der Waals surface area contributed by atoms with Gasteiger partial charge >= 0.3 is 6.03 Å². The summed E-state index contributed by atoms with van der Waals surface area (Å²) in [6.45, 7) is 6.21. The highest BCUT2D eigenvalue weighted by molar-refractivity contribution is 5.89. The van der Waals surface area contributed by atoms with E-state index in [4.69, 9.17) is 5.26 Å². The number of hydrogen-bond acceptors (Lipinski definition) is 4. The molecule has 3 rings (SSSR count). The van der Waals surface area contributed by atoms with Crippen molar-refractivity contribution < 1.29 is 14.7 Å². The van der Waals surface area contributed by atoms with Gasteiger partial charge in [0, 0.05) is 23.7 Å². The standard InChI is InChI=1S/C26H32N4O3/c1-26(2,3)24(32)28-16-19-9-13-21(14-10-19)29-25(33)30(22-5-4-6-22)17-23(31)20-11-7-18(15-27)8-12-20/h7-14,22-23,31H,4-6,16-17H2,1-3H3,(H,28,32)(H,29,33). The first-order chi connectivity index (χ1) is 15.7. The van der Waals surface area contributed by atoms with E-state index in [0.717, 1.165) is 24.8 Å². The number of nitrogens with one attached hydrogen (secondary N) is 2. The minimum atomic E-state index is -0.835. The molecule has 7 nitrogen and oxygen atoms in total. The number of aliphatic hydroxyl groups is 1. The van der Waals surface area contributed by atoms with Crippen LogP contribution in [0.4, 0.5) is 10.5 Å². The van der Waals surface area contributed by atoms with Gasteiger partial charge < -0.3 is 20.6 Å². The number of amides is 3. The zero-order valence-corrected chi connectivity index (χ0v) is 19.5. The minimum Gasteiger partial charge on any atom is -0.387 e. The van der Waals surface area contributed by atoms with Gasteiger partial charge in [0.1, 0.15) is 0 Å². The van der Waals surface area contributed by atoms with Crippen molar-refractivity contribution in [2.45, 2.75) is 58.7 Å². The van der Waals surface area contributed by atoms with Crippen molar-refractivity contribution in [2.75, 3.05) is 11.9 Å². The van der Waals surface area contributed by atoms with Gasteiger partial charge in [-0.2, -0.15) is 5.26 Å². The quantitative estimate of drug-likeness (QED) is 0.586. The number of carbonyl (C=O) groups excluding carboxylic acids is 2. The van der Waals surface area contributed by atoms with Crippen molar-refractivity contribution in [3.05, 3.63) is 65.2 Å². The molecule has 174 valence electrons. The summed E-state index contributed by atoms with van der Waals surface area (Å²) in [7, 11) is 0. The highest BCUT2D eigenvalue weighted by Crippen LogP contribution is 2.28. The second kappa shape index (κ2) is 10.5. The predicted molar refractivity (Wildman–Crippen MR) is 127 cm³/mol. The first kappa shape index (κ1) is 24.3. The third-order valence-electron chi connectivity index (χ3n) is 5.91. The Morgan fingerprint density at radius 1 is 1.12 bits per heavy atom. The fourth-order valence-electron chi connectivity index (χ4n) is 3.52. The molecule has 3 N–H and O–H groups in total. The Hall–Kier alpha value is -3.37. The maximum Gasteiger partial charge on any atom is 0.322 e. The normalized spacial score (nSPS) is 14.5. The molecule has 33 heavy (non-hydrogen) atoms. The summed E-state index contributed by atoms with van der Waals surface area (Å²) in [6.07, 6.45) is 2.06. The van der Waals surface area contributed by atoms with E-state index in [9.17, 15) is 14.7 Å². The minimum absolute atomic E-state index is 0.0168. The lowest BCUT2D eigenvalue weighted by molar-refractivity contribution is -0.128. The van der Waals surface area contributed by atoms with Crippen LogP contribution in [0.15, 0.2) is 48.5 Å². The van der Waals surface area contributed by atoms with Crippen LogP contribution in [-0.2, 0) is 11.3 Å². The summed E-state index contributed by atoms with van der Waals surface area (Å²) >= 11 is 0. The van der Waals surface area contributed by atoms with Gasteiger partial charge in [0.05, 0.1) is 24.3 Å². The first-order valence-electron chi connectivity index (χ1n) is 11.3. The molecule has 1 aliphatic rings. The number of urea groups is 1. The Morgan fingerprint density at radius 3 is 2.27 bits per heavy atom. The number of carbonyl (C=O) groups is 2. The van der Waals surface area contributed by atoms with E-state index in [1.165, 1.54) is 0 Å². The van der Waals surface area contributed by atoms with Crippen LogP contribution in [0.25, 0.3) is 0 Å². The SMILES string of the molecule is CC(C)(C)C(=O)NCc1ccc(NC(=O)N(CC(O)c2ccc(C#N)cc2)C2CCC2)cc1. The molecule has 1 fully saturated rings. The van der Waals surface area contributed by atoms with Crippen LogP contribution in [-0.4, -0.2) is 34.5 Å². The summed E-state index contributed by atoms with van der Waals surface area (Å²) < 4.78 is 0.